The number of nitrogens with zero attached hydrogens (tertiary/aromatic N) is 7. The number of esters is 3. The normalized spacial score (nSPS) is 11.3. The van der Waals surface area contributed by atoms with Crippen LogP contribution < -0.4 is 14.2 Å². The van der Waals surface area contributed by atoms with Crippen LogP contribution in [0.3, 0.4) is 0 Å². The van der Waals surface area contributed by atoms with E-state index in [1.54, 1.807) is 39.5 Å². The van der Waals surface area contributed by atoms with Crippen LogP contribution in [0.25, 0.3) is 45.5 Å². The molecule has 0 aliphatic heterocycles. The summed E-state index contributed by atoms with van der Waals surface area (Å²) in [5, 5.41) is 12.3. The van der Waals surface area contributed by atoms with Gasteiger partial charge in [0.25, 0.3) is 18.0 Å². The van der Waals surface area contributed by atoms with E-state index < -0.39 is 16.8 Å². The van der Waals surface area contributed by atoms with Gasteiger partial charge in [0, 0.05) is 0 Å². The van der Waals surface area contributed by atoms with Gasteiger partial charge in [0.2, 0.25) is 0 Å². The minimum Gasteiger partial charge on any atom is -0.465 e. The smallest absolute Gasteiger partial charge is 0.339 e. The number of aldehydes is 2. The van der Waals surface area contributed by atoms with Crippen molar-refractivity contribution < 1.29 is 57.6 Å². The van der Waals surface area contributed by atoms with Crippen LogP contribution >= 0.6 is 15.9 Å². The van der Waals surface area contributed by atoms with Gasteiger partial charge in [-0.25, -0.2) is 14.4 Å². The van der Waals surface area contributed by atoms with Gasteiger partial charge in [-0.1, -0.05) is 146 Å². The molecule has 0 aliphatic carbocycles. The molecule has 0 saturated heterocycles. The number of imidazole rings is 3. The lowest BCUT2D eigenvalue weighted by Gasteiger charge is -2.20. The van der Waals surface area contributed by atoms with E-state index in [1.807, 2.05) is 215 Å². The Morgan fingerprint density at radius 2 is 0.750 bits per heavy atom. The van der Waals surface area contributed by atoms with Crippen molar-refractivity contribution in [2.45, 2.75) is 120 Å². The van der Waals surface area contributed by atoms with Crippen LogP contribution in [0.15, 0.2) is 169 Å². The molecule has 3 aromatic heterocycles. The van der Waals surface area contributed by atoms with Crippen molar-refractivity contribution >= 4 is 64.8 Å². The van der Waals surface area contributed by atoms with Gasteiger partial charge in [-0.2, -0.15) is 15.0 Å². The first-order chi connectivity index (χ1) is 45.8. The molecule has 96 heavy (non-hydrogen) atoms. The molecule has 9 rings (SSSR count). The van der Waals surface area contributed by atoms with E-state index in [-0.39, 0.29) is 17.9 Å². The van der Waals surface area contributed by atoms with Crippen molar-refractivity contribution in [1.29, 1.82) is 0 Å². The molecule has 0 unspecified atom stereocenters. The molecule has 0 saturated carbocycles. The molecule has 20 heteroatoms. The first kappa shape index (κ1) is 72.9. The van der Waals surface area contributed by atoms with Crippen LogP contribution in [0.1, 0.15) is 169 Å². The molecule has 0 bridgehead atoms. The highest BCUT2D eigenvalue weighted by atomic mass is 79.9. The number of oxime groups is 1. The van der Waals surface area contributed by atoms with Gasteiger partial charge in [0.15, 0.2) is 12.6 Å². The average molecular weight is 1370 g/mol. The second kappa shape index (κ2) is 33.1. The second-order valence-electron chi connectivity index (χ2n) is 24.6. The quantitative estimate of drug-likeness (QED) is 0.0157. The Bertz CT molecular complexity index is 4220. The molecule has 500 valence electrons. The first-order valence-corrected chi connectivity index (χ1v) is 32.0. The number of benzene rings is 6. The highest BCUT2D eigenvalue weighted by Gasteiger charge is 2.25. The predicted octanol–water partition coefficient (Wildman–Crippen LogP) is 16.3. The van der Waals surface area contributed by atoms with Crippen LogP contribution in [0.4, 0.5) is 0 Å². The molecule has 0 spiro atoms. The Morgan fingerprint density at radius 1 is 0.458 bits per heavy atom. The summed E-state index contributed by atoms with van der Waals surface area (Å²) < 4.78 is 39.2. The summed E-state index contributed by atoms with van der Waals surface area (Å²) in [6.45, 7) is 32.4. The molecule has 3 heterocycles. The standard InChI is InChI=1S/C26H29N3O4.C26H28N2O4.C24H25BrN2O4/c1-6-22-23(16-27-31)29(25(28-22)32-7-2)17-18-12-14-19(15-13-18)20-10-8-9-11-21(20)24(30)33-26(3,4)5;1-6-22-23(17-29)28(25(27-22)31-7-2)16-18-12-14-19(15-13-18)20-10-8-9-11-21(20)24(30)32-26(3,4)5;1-5-30-23-26-21(25)20(15-28)27(23)14-16-10-12-17(13-11-16)18-8-6-7-9-19(18)22(29)31-24(2,3)4/h6,8-16,31H,1,7,17H2,2-5H3;6,8-15,17H,1,7,16H2,2-5H3;6-13,15H,5,14H2,1-4H3/b27-16-;;. The largest absolute Gasteiger partial charge is 0.465 e. The van der Waals surface area contributed by atoms with Crippen molar-refractivity contribution in [1.82, 2.24) is 28.7 Å². The number of ether oxygens (including phenoxy) is 6. The minimum atomic E-state index is -0.572. The Hall–Kier alpha value is -10.5. The van der Waals surface area contributed by atoms with Crippen molar-refractivity contribution in [2.75, 3.05) is 19.8 Å². The van der Waals surface area contributed by atoms with Crippen LogP contribution in [-0.2, 0) is 33.8 Å². The van der Waals surface area contributed by atoms with Gasteiger partial charge in [0.1, 0.15) is 32.8 Å². The molecule has 1 N–H and O–H groups in total. The average Bonchev–Trinajstić information content (AvgIpc) is 1.48. The van der Waals surface area contributed by atoms with E-state index in [2.05, 4.69) is 49.2 Å². The number of carbonyl (C=O) groups is 5. The maximum absolute atomic E-state index is 12.7. The summed E-state index contributed by atoms with van der Waals surface area (Å²) in [6, 6.07) is 46.9. The summed E-state index contributed by atoms with van der Waals surface area (Å²) >= 11 is 3.31. The van der Waals surface area contributed by atoms with Gasteiger partial charge in [0.05, 0.1) is 79.4 Å². The summed E-state index contributed by atoms with van der Waals surface area (Å²) in [4.78, 5) is 74.2. The highest BCUT2D eigenvalue weighted by molar-refractivity contribution is 9.10. The van der Waals surface area contributed by atoms with Gasteiger partial charge < -0.3 is 33.6 Å². The van der Waals surface area contributed by atoms with Crippen LogP contribution in [0, 0.1) is 0 Å². The number of aromatic nitrogens is 6. The van der Waals surface area contributed by atoms with E-state index >= 15 is 0 Å². The molecule has 19 nitrogen and oxygen atoms in total. The lowest BCUT2D eigenvalue weighted by atomic mass is 9.98. The van der Waals surface area contributed by atoms with E-state index in [9.17, 15) is 24.0 Å². The Kier molecular flexibility index (Phi) is 25.1. The topological polar surface area (TPSA) is 227 Å². The first-order valence-electron chi connectivity index (χ1n) is 31.2. The number of hydrogen-bond donors (Lipinski definition) is 1. The van der Waals surface area contributed by atoms with Crippen molar-refractivity contribution in [3.05, 3.63) is 225 Å². The van der Waals surface area contributed by atoms with Crippen LogP contribution in [0.5, 0.6) is 18.0 Å². The maximum atomic E-state index is 12.7. The SMILES string of the molecule is C=Cc1nc(OCC)n(Cc2ccc(-c3ccccc3C(=O)OC(C)(C)C)cc2)c1/C=N\O.C=Cc1nc(OCC)n(Cc2ccc(-c3ccccc3C(=O)OC(C)(C)C)cc2)c1C=O.CCOc1nc(Br)c(C=O)n1Cc1ccc(-c2ccccc2C(=O)OC(C)(C)C)cc1. The molecule has 0 amide bonds. The van der Waals surface area contributed by atoms with Crippen molar-refractivity contribution in [2.24, 2.45) is 5.16 Å². The zero-order valence-corrected chi connectivity index (χ0v) is 57.9. The molecule has 0 fully saturated rings. The van der Waals surface area contributed by atoms with E-state index in [0.717, 1.165) is 62.6 Å². The molecule has 9 aromatic rings. The van der Waals surface area contributed by atoms with Crippen LogP contribution in [0.2, 0.25) is 0 Å². The third-order valence-electron chi connectivity index (χ3n) is 14.0. The van der Waals surface area contributed by atoms with Crippen molar-refractivity contribution in [3.63, 3.8) is 0 Å². The summed E-state index contributed by atoms with van der Waals surface area (Å²) in [5.41, 5.74) is 10.3. The third-order valence-corrected chi connectivity index (χ3v) is 14.6. The zero-order valence-electron chi connectivity index (χ0n) is 56.3. The van der Waals surface area contributed by atoms with Gasteiger partial charge in [-0.15, -0.1) is 0 Å². The molecule has 6 aromatic carbocycles. The molecular weight excluding hydrogens is 1280 g/mol. The molecule has 0 radical (unpaired) electrons. The number of carbonyl (C=O) groups excluding carboxylic acids is 5. The lowest BCUT2D eigenvalue weighted by Crippen LogP contribution is -2.24. The monoisotopic (exact) mass is 1360 g/mol. The van der Waals surface area contributed by atoms with Crippen LogP contribution in [-0.4, -0.2) is 107 Å². The number of rotatable bonds is 23. The van der Waals surface area contributed by atoms with Gasteiger partial charge in [-0.3, -0.25) is 23.3 Å². The van der Waals surface area contributed by atoms with E-state index in [0.29, 0.717) is 107 Å². The van der Waals surface area contributed by atoms with E-state index in [4.69, 9.17) is 33.6 Å². The number of halogens is 1. The van der Waals surface area contributed by atoms with Gasteiger partial charge >= 0.3 is 17.9 Å². The maximum Gasteiger partial charge on any atom is 0.339 e. The predicted molar refractivity (Wildman–Crippen MR) is 377 cm³/mol. The fraction of sp³-hybridized carbons (Fsp3) is 0.276. The summed E-state index contributed by atoms with van der Waals surface area (Å²) in [7, 11) is 0. The van der Waals surface area contributed by atoms with Gasteiger partial charge in [-0.05, 0) is 179 Å². The Balaban J connectivity index is 0.000000203. The second-order valence-corrected chi connectivity index (χ2v) is 25.3. The highest BCUT2D eigenvalue weighted by Crippen LogP contribution is 2.32. The summed E-state index contributed by atoms with van der Waals surface area (Å²) in [6.07, 6.45) is 5.97. The van der Waals surface area contributed by atoms with Crippen molar-refractivity contribution in [3.8, 4) is 51.4 Å². The minimum absolute atomic E-state index is 0.354. The number of hydrogen-bond acceptors (Lipinski definition) is 16. The zero-order chi connectivity index (χ0) is 69.9. The Morgan fingerprint density at radius 3 is 1.04 bits per heavy atom. The molecule has 0 atom stereocenters. The molecular formula is C76H82BrN7O12. The third kappa shape index (κ3) is 19.3. The lowest BCUT2D eigenvalue weighted by molar-refractivity contribution is 0.00578. The fourth-order valence-corrected chi connectivity index (χ4v) is 10.4. The Labute approximate surface area is 569 Å². The van der Waals surface area contributed by atoms with E-state index in [1.165, 1.54) is 6.21 Å². The summed E-state index contributed by atoms with van der Waals surface area (Å²) in [5.74, 6) is -1.07. The molecule has 0 aliphatic rings. The fourth-order valence-electron chi connectivity index (χ4n) is 9.90.